The highest BCUT2D eigenvalue weighted by Gasteiger charge is 2.38. The van der Waals surface area contributed by atoms with Gasteiger partial charge >= 0.3 is 0 Å². The highest BCUT2D eigenvalue weighted by atomic mass is 16.2. The van der Waals surface area contributed by atoms with Gasteiger partial charge in [0.2, 0.25) is 5.91 Å². The maximum atomic E-state index is 13.0. The molecule has 0 bridgehead atoms. The summed E-state index contributed by atoms with van der Waals surface area (Å²) in [6.07, 6.45) is 2.59. The summed E-state index contributed by atoms with van der Waals surface area (Å²) in [7, 11) is 0. The van der Waals surface area contributed by atoms with Crippen LogP contribution in [-0.2, 0) is 24.4 Å². The van der Waals surface area contributed by atoms with E-state index in [9.17, 15) is 14.4 Å². The first-order chi connectivity index (χ1) is 16.9. The predicted octanol–water partition coefficient (Wildman–Crippen LogP) is 1.79. The van der Waals surface area contributed by atoms with Crippen LogP contribution in [0.5, 0.6) is 0 Å². The van der Waals surface area contributed by atoms with Gasteiger partial charge in [-0.2, -0.15) is 0 Å². The first-order valence-corrected chi connectivity index (χ1v) is 11.3. The van der Waals surface area contributed by atoms with Crippen molar-refractivity contribution in [1.29, 1.82) is 0 Å². The van der Waals surface area contributed by atoms with E-state index in [0.29, 0.717) is 43.7 Å². The number of piperidine rings is 1. The molecule has 1 atom stereocenters. The van der Waals surface area contributed by atoms with Gasteiger partial charge in [0.1, 0.15) is 11.7 Å². The maximum Gasteiger partial charge on any atom is 0.268 e. The summed E-state index contributed by atoms with van der Waals surface area (Å²) in [5.41, 5.74) is 10.7. The minimum atomic E-state index is -0.571. The molecule has 2 aliphatic rings. The number of hydrogen-bond acceptors (Lipinski definition) is 6. The van der Waals surface area contributed by atoms with E-state index in [-0.39, 0.29) is 17.5 Å². The van der Waals surface area contributed by atoms with Gasteiger partial charge in [0.25, 0.3) is 11.8 Å². The van der Waals surface area contributed by atoms with Crippen molar-refractivity contribution >= 4 is 23.4 Å². The van der Waals surface area contributed by atoms with Crippen LogP contribution in [0.25, 0.3) is 0 Å². The normalized spacial score (nSPS) is 17.3. The van der Waals surface area contributed by atoms with Gasteiger partial charge in [-0.05, 0) is 36.1 Å². The van der Waals surface area contributed by atoms with E-state index in [1.54, 1.807) is 4.90 Å². The molecule has 178 valence electrons. The fourth-order valence-corrected chi connectivity index (χ4v) is 4.53. The average molecular weight is 472 g/mol. The molecule has 0 radical (unpaired) electrons. The number of allylic oxidation sites excluding steroid dienone is 1. The lowest BCUT2D eigenvalue weighted by atomic mass is 10.0. The van der Waals surface area contributed by atoms with Crippen LogP contribution in [-0.4, -0.2) is 43.7 Å². The minimum Gasteiger partial charge on any atom is -0.381 e. The van der Waals surface area contributed by atoms with E-state index in [4.69, 9.17) is 5.73 Å². The molecule has 0 aliphatic carbocycles. The van der Waals surface area contributed by atoms with Crippen LogP contribution >= 0.6 is 0 Å². The van der Waals surface area contributed by atoms with Gasteiger partial charge in [0.15, 0.2) is 0 Å². The Morgan fingerprint density at radius 1 is 1.17 bits per heavy atom. The van der Waals surface area contributed by atoms with Gasteiger partial charge < -0.3 is 21.3 Å². The number of hydrogen-bond donors (Lipinski definition) is 3. The molecule has 3 aromatic rings. The fourth-order valence-electron chi connectivity index (χ4n) is 4.53. The molecule has 1 saturated heterocycles. The second-order valence-electron chi connectivity index (χ2n) is 8.72. The van der Waals surface area contributed by atoms with Crippen LogP contribution in [0.3, 0.4) is 0 Å². The number of primary amides is 1. The molecule has 0 saturated carbocycles. The summed E-state index contributed by atoms with van der Waals surface area (Å²) in [6.45, 7) is 5.15. The van der Waals surface area contributed by atoms with Gasteiger partial charge in [-0.3, -0.25) is 14.4 Å². The third-order valence-corrected chi connectivity index (χ3v) is 6.40. The van der Waals surface area contributed by atoms with Gasteiger partial charge in [-0.25, -0.2) is 4.68 Å². The van der Waals surface area contributed by atoms with Crippen molar-refractivity contribution in [3.05, 3.63) is 88.9 Å². The van der Waals surface area contributed by atoms with E-state index in [1.807, 2.05) is 42.5 Å². The number of fused-ring (bicyclic) bond motifs is 1. The van der Waals surface area contributed by atoms with Crippen LogP contribution in [0.1, 0.15) is 50.4 Å². The Morgan fingerprint density at radius 2 is 1.94 bits per heavy atom. The third-order valence-electron chi connectivity index (χ3n) is 6.40. The van der Waals surface area contributed by atoms with Crippen LogP contribution in [0.4, 0.5) is 5.69 Å². The van der Waals surface area contributed by atoms with E-state index < -0.39 is 11.9 Å². The van der Waals surface area contributed by atoms with Gasteiger partial charge in [0, 0.05) is 35.6 Å². The largest absolute Gasteiger partial charge is 0.381 e. The minimum absolute atomic E-state index is 0.121. The standard InChI is InChI=1S/C25H25N7O3/c1-15-5-10-21(24(34)29-15)31-14-19-18(25(31)35)3-2-4-20(19)27-11-16-6-8-17(9-7-16)13-32-22(23(26)33)12-28-30-32/h2-4,6-9,12,21,27H,1,5,10-11,13-14H2,(H2,26,33)(H,29,34). The summed E-state index contributed by atoms with van der Waals surface area (Å²) < 4.78 is 1.47. The SMILES string of the molecule is C=C1CCC(N2Cc3c(NCc4ccc(Cn5nncc5C(N)=O)cc4)cccc3C2=O)C(=O)N1. The second-order valence-corrected chi connectivity index (χ2v) is 8.72. The van der Waals surface area contributed by atoms with E-state index in [1.165, 1.54) is 10.9 Å². The zero-order chi connectivity index (χ0) is 24.5. The van der Waals surface area contributed by atoms with Gasteiger partial charge in [-0.1, -0.05) is 42.1 Å². The zero-order valence-corrected chi connectivity index (χ0v) is 19.0. The number of benzene rings is 2. The number of rotatable bonds is 7. The molecule has 10 nitrogen and oxygen atoms in total. The van der Waals surface area contributed by atoms with E-state index >= 15 is 0 Å². The quantitative estimate of drug-likeness (QED) is 0.481. The molecule has 3 amide bonds. The lowest BCUT2D eigenvalue weighted by Crippen LogP contribution is -2.49. The molecule has 1 fully saturated rings. The molecular formula is C25H25N7O3. The second kappa shape index (κ2) is 9.05. The molecule has 3 heterocycles. The Bertz CT molecular complexity index is 1330. The van der Waals surface area contributed by atoms with Crippen molar-refractivity contribution in [3.63, 3.8) is 0 Å². The molecule has 1 aromatic heterocycles. The monoisotopic (exact) mass is 471 g/mol. The van der Waals surface area contributed by atoms with Crippen LogP contribution < -0.4 is 16.4 Å². The lowest BCUT2D eigenvalue weighted by Gasteiger charge is -2.31. The summed E-state index contributed by atoms with van der Waals surface area (Å²) in [6, 6.07) is 13.0. The van der Waals surface area contributed by atoms with E-state index in [2.05, 4.69) is 27.5 Å². The molecular weight excluding hydrogens is 446 g/mol. The first-order valence-electron chi connectivity index (χ1n) is 11.3. The van der Waals surface area contributed by atoms with Crippen molar-refractivity contribution in [1.82, 2.24) is 25.2 Å². The Labute approximate surface area is 201 Å². The highest BCUT2D eigenvalue weighted by Crippen LogP contribution is 2.33. The molecule has 2 aliphatic heterocycles. The van der Waals surface area contributed by atoms with Gasteiger partial charge in [-0.15, -0.1) is 5.10 Å². The maximum absolute atomic E-state index is 13.0. The number of nitrogens with one attached hydrogen (secondary N) is 2. The van der Waals surface area contributed by atoms with Crippen molar-refractivity contribution in [2.24, 2.45) is 5.73 Å². The lowest BCUT2D eigenvalue weighted by molar-refractivity contribution is -0.126. The van der Waals surface area contributed by atoms with Gasteiger partial charge in [0.05, 0.1) is 12.7 Å². The Morgan fingerprint density at radius 3 is 2.69 bits per heavy atom. The Kier molecular flexibility index (Phi) is 5.77. The average Bonchev–Trinajstić information content (AvgIpc) is 3.44. The first kappa shape index (κ1) is 22.3. The smallest absolute Gasteiger partial charge is 0.268 e. The highest BCUT2D eigenvalue weighted by molar-refractivity contribution is 6.02. The molecule has 1 unspecified atom stereocenters. The predicted molar refractivity (Wildman–Crippen MR) is 128 cm³/mol. The molecule has 35 heavy (non-hydrogen) atoms. The van der Waals surface area contributed by atoms with Crippen LogP contribution in [0, 0.1) is 0 Å². The summed E-state index contributed by atoms with van der Waals surface area (Å²) in [4.78, 5) is 38.6. The number of aromatic nitrogens is 3. The number of carbonyl (C=O) groups is 3. The topological polar surface area (TPSA) is 135 Å². The fraction of sp³-hybridized carbons (Fsp3) is 0.240. The van der Waals surface area contributed by atoms with E-state index in [0.717, 1.165) is 22.4 Å². The van der Waals surface area contributed by atoms with Crippen molar-refractivity contribution in [2.75, 3.05) is 5.32 Å². The van der Waals surface area contributed by atoms with Crippen molar-refractivity contribution < 1.29 is 14.4 Å². The van der Waals surface area contributed by atoms with Crippen LogP contribution in [0.2, 0.25) is 0 Å². The van der Waals surface area contributed by atoms with Crippen LogP contribution in [0.15, 0.2) is 60.9 Å². The number of amides is 3. The Hall–Kier alpha value is -4.47. The summed E-state index contributed by atoms with van der Waals surface area (Å²) in [5, 5.41) is 13.9. The molecule has 4 N–H and O–H groups in total. The zero-order valence-electron chi connectivity index (χ0n) is 19.0. The number of nitrogens with two attached hydrogens (primary N) is 1. The van der Waals surface area contributed by atoms with Crippen molar-refractivity contribution in [3.8, 4) is 0 Å². The number of anilines is 1. The molecule has 10 heteroatoms. The number of carbonyl (C=O) groups excluding carboxylic acids is 3. The third kappa shape index (κ3) is 4.37. The molecule has 5 rings (SSSR count). The summed E-state index contributed by atoms with van der Waals surface area (Å²) in [5.74, 6) is -0.868. The number of nitrogens with zero attached hydrogens (tertiary/aromatic N) is 4. The van der Waals surface area contributed by atoms with Crippen molar-refractivity contribution in [2.45, 2.75) is 38.5 Å². The summed E-state index contributed by atoms with van der Waals surface area (Å²) >= 11 is 0. The molecule has 2 aromatic carbocycles. The molecule has 0 spiro atoms. The Balaban J connectivity index is 1.25.